The molecule has 1 heterocycles. The minimum atomic E-state index is -4.23. The van der Waals surface area contributed by atoms with Crippen molar-refractivity contribution < 1.29 is 18.3 Å². The molecule has 70 valence electrons. The van der Waals surface area contributed by atoms with Gasteiger partial charge in [-0.3, -0.25) is 5.01 Å². The van der Waals surface area contributed by atoms with Gasteiger partial charge in [0.25, 0.3) is 0 Å². The summed E-state index contributed by atoms with van der Waals surface area (Å²) in [6.45, 7) is -0.939. The highest BCUT2D eigenvalue weighted by Gasteiger charge is 2.34. The molecular weight excluding hydrogens is 173 g/mol. The predicted octanol–water partition coefficient (Wildman–Crippen LogP) is 1.11. The fourth-order valence-corrected chi connectivity index (χ4v) is 0.964. The molecule has 0 amide bonds. The molecule has 0 aliphatic carbocycles. The van der Waals surface area contributed by atoms with E-state index in [0.29, 0.717) is 0 Å². The van der Waals surface area contributed by atoms with Crippen molar-refractivity contribution in [2.45, 2.75) is 6.18 Å². The topological polar surface area (TPSA) is 26.7 Å². The predicted molar refractivity (Wildman–Crippen MR) is 36.1 cm³/mol. The van der Waals surface area contributed by atoms with Gasteiger partial charge in [0.05, 0.1) is 0 Å². The maximum absolute atomic E-state index is 11.8. The molecule has 3 nitrogen and oxygen atoms in total. The maximum atomic E-state index is 11.8. The van der Waals surface area contributed by atoms with Crippen molar-refractivity contribution in [2.24, 2.45) is 0 Å². The Hall–Kier alpha value is -0.910. The number of hydrazine groups is 1. The zero-order chi connectivity index (χ0) is 9.35. The molecule has 6 heteroatoms. The monoisotopic (exact) mass is 182 g/mol. The van der Waals surface area contributed by atoms with Gasteiger partial charge in [-0.15, -0.1) is 0 Å². The van der Waals surface area contributed by atoms with E-state index >= 15 is 0 Å². The molecule has 1 N–H and O–H groups in total. The summed E-state index contributed by atoms with van der Waals surface area (Å²) in [6.07, 6.45) is -2.90. The van der Waals surface area contributed by atoms with Crippen LogP contribution in [-0.4, -0.2) is 41.4 Å². The van der Waals surface area contributed by atoms with Crippen molar-refractivity contribution in [3.05, 3.63) is 12.0 Å². The summed E-state index contributed by atoms with van der Waals surface area (Å²) in [6, 6.07) is 0. The lowest BCUT2D eigenvalue weighted by Gasteiger charge is -2.26. The Morgan fingerprint density at radius 1 is 1.58 bits per heavy atom. The average molecular weight is 182 g/mol. The SMILES string of the molecule is CN1C(O)=CCN1CC(F)(F)F. The Bertz CT molecular complexity index is 201. The number of rotatable bonds is 1. The largest absolute Gasteiger partial charge is 0.494 e. The van der Waals surface area contributed by atoms with Gasteiger partial charge >= 0.3 is 6.18 Å². The standard InChI is InChI=1S/C6H9F3N2O/c1-10-5(12)2-3-11(10)4-6(7,8)9/h2,12H,3-4H2,1H3. The second kappa shape index (κ2) is 2.85. The van der Waals surface area contributed by atoms with E-state index in [2.05, 4.69) is 0 Å². The number of aliphatic hydroxyl groups is 1. The summed E-state index contributed by atoms with van der Waals surface area (Å²) < 4.78 is 35.5. The Kier molecular flexibility index (Phi) is 2.18. The van der Waals surface area contributed by atoms with E-state index in [1.807, 2.05) is 0 Å². The second-order valence-corrected chi connectivity index (χ2v) is 2.55. The third kappa shape index (κ3) is 2.04. The molecule has 0 saturated heterocycles. The number of hydrogen-bond acceptors (Lipinski definition) is 3. The highest BCUT2D eigenvalue weighted by atomic mass is 19.4. The lowest BCUT2D eigenvalue weighted by atomic mass is 10.5. The zero-order valence-corrected chi connectivity index (χ0v) is 6.47. The van der Waals surface area contributed by atoms with Crippen LogP contribution in [0.3, 0.4) is 0 Å². The maximum Gasteiger partial charge on any atom is 0.403 e. The fraction of sp³-hybridized carbons (Fsp3) is 0.667. The van der Waals surface area contributed by atoms with Crippen LogP contribution in [-0.2, 0) is 0 Å². The smallest absolute Gasteiger partial charge is 0.403 e. The molecule has 0 unspecified atom stereocenters. The Morgan fingerprint density at radius 2 is 2.17 bits per heavy atom. The number of alkyl halides is 3. The third-order valence-electron chi connectivity index (χ3n) is 1.60. The van der Waals surface area contributed by atoms with E-state index in [0.717, 1.165) is 10.0 Å². The van der Waals surface area contributed by atoms with Crippen LogP contribution in [0.15, 0.2) is 12.0 Å². The molecule has 0 spiro atoms. The lowest BCUT2D eigenvalue weighted by Crippen LogP contribution is -2.41. The van der Waals surface area contributed by atoms with E-state index in [1.165, 1.54) is 13.1 Å². The van der Waals surface area contributed by atoms with Gasteiger partial charge in [-0.2, -0.15) is 13.2 Å². The number of halogens is 3. The zero-order valence-electron chi connectivity index (χ0n) is 6.47. The van der Waals surface area contributed by atoms with Gasteiger partial charge in [-0.05, 0) is 6.08 Å². The number of aliphatic hydroxyl groups excluding tert-OH is 1. The summed E-state index contributed by atoms with van der Waals surface area (Å²) in [4.78, 5) is 0. The van der Waals surface area contributed by atoms with Gasteiger partial charge in [-0.1, -0.05) is 0 Å². The van der Waals surface area contributed by atoms with Crippen molar-refractivity contribution in [1.82, 2.24) is 10.0 Å². The molecule has 1 aliphatic rings. The lowest BCUT2D eigenvalue weighted by molar-refractivity contribution is -0.169. The molecule has 1 aliphatic heterocycles. The summed E-state index contributed by atoms with van der Waals surface area (Å²) in [5.74, 6) is -0.140. The molecule has 0 radical (unpaired) electrons. The number of nitrogens with zero attached hydrogens (tertiary/aromatic N) is 2. The summed E-state index contributed by atoms with van der Waals surface area (Å²) in [5.41, 5.74) is 0. The molecule has 1 rings (SSSR count). The Morgan fingerprint density at radius 3 is 2.50 bits per heavy atom. The molecule has 0 aromatic rings. The van der Waals surface area contributed by atoms with Gasteiger partial charge in [-0.25, -0.2) is 5.01 Å². The average Bonchev–Trinajstić information content (AvgIpc) is 2.16. The molecule has 0 saturated carbocycles. The van der Waals surface area contributed by atoms with E-state index in [-0.39, 0.29) is 12.4 Å². The molecule has 12 heavy (non-hydrogen) atoms. The highest BCUT2D eigenvalue weighted by molar-refractivity contribution is 4.97. The minimum Gasteiger partial charge on any atom is -0.494 e. The van der Waals surface area contributed by atoms with Crippen LogP contribution in [0, 0.1) is 0 Å². The normalized spacial score (nSPS) is 20.0. The molecule has 0 atom stereocenters. The first-order chi connectivity index (χ1) is 5.40. The van der Waals surface area contributed by atoms with Crippen molar-refractivity contribution in [1.29, 1.82) is 0 Å². The van der Waals surface area contributed by atoms with Crippen molar-refractivity contribution >= 4 is 0 Å². The molecule has 0 bridgehead atoms. The van der Waals surface area contributed by atoms with Crippen LogP contribution in [0.4, 0.5) is 13.2 Å². The van der Waals surface area contributed by atoms with Crippen LogP contribution < -0.4 is 0 Å². The van der Waals surface area contributed by atoms with Crippen LogP contribution in [0.1, 0.15) is 0 Å². The fourth-order valence-electron chi connectivity index (χ4n) is 0.964. The van der Waals surface area contributed by atoms with E-state index in [4.69, 9.17) is 5.11 Å². The van der Waals surface area contributed by atoms with Gasteiger partial charge in [0.1, 0.15) is 6.54 Å². The highest BCUT2D eigenvalue weighted by Crippen LogP contribution is 2.20. The Balaban J connectivity index is 2.48. The summed E-state index contributed by atoms with van der Waals surface area (Å²) in [5, 5.41) is 11.0. The summed E-state index contributed by atoms with van der Waals surface area (Å²) in [7, 11) is 1.38. The second-order valence-electron chi connectivity index (χ2n) is 2.55. The summed E-state index contributed by atoms with van der Waals surface area (Å²) >= 11 is 0. The quantitative estimate of drug-likeness (QED) is 0.658. The third-order valence-corrected chi connectivity index (χ3v) is 1.60. The van der Waals surface area contributed by atoms with Crippen molar-refractivity contribution in [3.63, 3.8) is 0 Å². The first-order valence-electron chi connectivity index (χ1n) is 3.34. The number of hydrogen-bond donors (Lipinski definition) is 1. The van der Waals surface area contributed by atoms with Crippen LogP contribution in [0.2, 0.25) is 0 Å². The van der Waals surface area contributed by atoms with E-state index in [1.54, 1.807) is 0 Å². The van der Waals surface area contributed by atoms with E-state index in [9.17, 15) is 13.2 Å². The van der Waals surface area contributed by atoms with Crippen LogP contribution >= 0.6 is 0 Å². The minimum absolute atomic E-state index is 0.0991. The van der Waals surface area contributed by atoms with Gasteiger partial charge in [0.2, 0.25) is 0 Å². The van der Waals surface area contributed by atoms with Gasteiger partial charge in [0, 0.05) is 13.6 Å². The first kappa shape index (κ1) is 9.18. The van der Waals surface area contributed by atoms with Crippen LogP contribution in [0.25, 0.3) is 0 Å². The van der Waals surface area contributed by atoms with Crippen LogP contribution in [0.5, 0.6) is 0 Å². The van der Waals surface area contributed by atoms with Crippen molar-refractivity contribution in [3.8, 4) is 0 Å². The first-order valence-corrected chi connectivity index (χ1v) is 3.34. The molecular formula is C6H9F3N2O. The van der Waals surface area contributed by atoms with Crippen molar-refractivity contribution in [2.75, 3.05) is 20.1 Å². The molecule has 0 fully saturated rings. The Labute approximate surface area is 67.6 Å². The van der Waals surface area contributed by atoms with E-state index < -0.39 is 12.7 Å². The van der Waals surface area contributed by atoms with Gasteiger partial charge in [0.15, 0.2) is 5.88 Å². The molecule has 0 aromatic carbocycles. The molecule has 0 aromatic heterocycles. The van der Waals surface area contributed by atoms with Gasteiger partial charge < -0.3 is 5.11 Å².